The third kappa shape index (κ3) is 4.67. The van der Waals surface area contributed by atoms with Gasteiger partial charge < -0.3 is 14.5 Å². The molecule has 5 nitrogen and oxygen atoms in total. The van der Waals surface area contributed by atoms with Gasteiger partial charge in [0, 0.05) is 21.3 Å². The van der Waals surface area contributed by atoms with Crippen molar-refractivity contribution in [1.29, 1.82) is 0 Å². The molecular weight excluding hydrogens is 473 g/mol. The third-order valence-electron chi connectivity index (χ3n) is 5.63. The molecular formula is C27H23Cl2NO4. The number of carbonyl (C=O) groups is 1. The predicted octanol–water partition coefficient (Wildman–Crippen LogP) is 7.10. The van der Waals surface area contributed by atoms with E-state index in [9.17, 15) is 9.59 Å². The van der Waals surface area contributed by atoms with E-state index in [1.807, 2.05) is 45.0 Å². The normalized spacial score (nSPS) is 11.9. The Kier molecular flexibility index (Phi) is 6.69. The van der Waals surface area contributed by atoms with Crippen LogP contribution >= 0.6 is 23.2 Å². The second-order valence-electron chi connectivity index (χ2n) is 8.21. The lowest BCUT2D eigenvalue weighted by atomic mass is 10.1. The molecule has 0 aliphatic heterocycles. The van der Waals surface area contributed by atoms with Crippen molar-refractivity contribution in [2.75, 3.05) is 5.32 Å². The molecule has 0 radical (unpaired) electrons. The van der Waals surface area contributed by atoms with E-state index in [-0.39, 0.29) is 16.9 Å². The van der Waals surface area contributed by atoms with Gasteiger partial charge in [-0.05, 0) is 63.1 Å². The van der Waals surface area contributed by atoms with E-state index in [1.54, 1.807) is 37.3 Å². The summed E-state index contributed by atoms with van der Waals surface area (Å²) in [5.41, 5.74) is 3.79. The Balaban J connectivity index is 1.77. The lowest BCUT2D eigenvalue weighted by molar-refractivity contribution is -0.122. The van der Waals surface area contributed by atoms with Crippen LogP contribution < -0.4 is 15.5 Å². The van der Waals surface area contributed by atoms with Crippen LogP contribution in [0, 0.1) is 20.8 Å². The van der Waals surface area contributed by atoms with Gasteiger partial charge in [0.1, 0.15) is 5.58 Å². The first-order chi connectivity index (χ1) is 16.2. The number of anilines is 1. The number of carbonyl (C=O) groups excluding carboxylic acids is 1. The highest BCUT2D eigenvalue weighted by Gasteiger charge is 2.24. The van der Waals surface area contributed by atoms with E-state index in [2.05, 4.69) is 5.32 Å². The maximum absolute atomic E-state index is 13.5. The number of aryl methyl sites for hydroxylation is 2. The Morgan fingerprint density at radius 1 is 1.00 bits per heavy atom. The molecule has 34 heavy (non-hydrogen) atoms. The lowest BCUT2D eigenvalue weighted by Crippen LogP contribution is -2.32. The average Bonchev–Trinajstić information content (AvgIpc) is 2.80. The number of ether oxygens (including phenoxy) is 1. The average molecular weight is 496 g/mol. The smallest absolute Gasteiger partial charge is 0.265 e. The molecule has 7 heteroatoms. The molecule has 4 aromatic rings. The van der Waals surface area contributed by atoms with Crippen LogP contribution in [0.2, 0.25) is 10.0 Å². The van der Waals surface area contributed by atoms with Crippen molar-refractivity contribution in [3.8, 4) is 17.1 Å². The molecule has 1 unspecified atom stereocenters. The molecule has 1 atom stereocenters. The molecule has 0 bridgehead atoms. The van der Waals surface area contributed by atoms with Crippen molar-refractivity contribution >= 4 is 45.8 Å². The zero-order chi connectivity index (χ0) is 24.6. The Morgan fingerprint density at radius 3 is 2.41 bits per heavy atom. The van der Waals surface area contributed by atoms with Crippen molar-refractivity contribution in [3.05, 3.63) is 91.6 Å². The fraction of sp³-hybridized carbons (Fsp3) is 0.185. The third-order valence-corrected chi connectivity index (χ3v) is 6.45. The summed E-state index contributed by atoms with van der Waals surface area (Å²) < 4.78 is 12.1. The number of amides is 1. The van der Waals surface area contributed by atoms with E-state index in [4.69, 9.17) is 32.4 Å². The summed E-state index contributed by atoms with van der Waals surface area (Å²) in [7, 11) is 0. The van der Waals surface area contributed by atoms with Gasteiger partial charge in [0.05, 0.1) is 5.39 Å². The second kappa shape index (κ2) is 9.53. The zero-order valence-electron chi connectivity index (χ0n) is 19.2. The minimum Gasteiger partial charge on any atom is -0.473 e. The topological polar surface area (TPSA) is 68.5 Å². The monoisotopic (exact) mass is 495 g/mol. The highest BCUT2D eigenvalue weighted by atomic mass is 35.5. The molecule has 1 amide bonds. The summed E-state index contributed by atoms with van der Waals surface area (Å²) in [5.74, 6) is -0.235. The van der Waals surface area contributed by atoms with Gasteiger partial charge in [-0.3, -0.25) is 9.59 Å². The Bertz CT molecular complexity index is 1460. The number of benzene rings is 3. The van der Waals surface area contributed by atoms with Crippen LogP contribution in [0.15, 0.2) is 63.8 Å². The van der Waals surface area contributed by atoms with Crippen molar-refractivity contribution in [1.82, 2.24) is 0 Å². The van der Waals surface area contributed by atoms with E-state index in [0.29, 0.717) is 26.9 Å². The van der Waals surface area contributed by atoms with E-state index in [1.165, 1.54) is 0 Å². The first kappa shape index (κ1) is 23.9. The zero-order valence-corrected chi connectivity index (χ0v) is 20.7. The number of halogens is 2. The molecule has 1 aromatic heterocycles. The van der Waals surface area contributed by atoms with Gasteiger partial charge in [0.2, 0.25) is 11.2 Å². The van der Waals surface area contributed by atoms with Crippen molar-refractivity contribution < 1.29 is 13.9 Å². The van der Waals surface area contributed by atoms with Crippen molar-refractivity contribution in [2.24, 2.45) is 0 Å². The minimum absolute atomic E-state index is 0.0539. The van der Waals surface area contributed by atoms with E-state index < -0.39 is 17.4 Å². The van der Waals surface area contributed by atoms with Crippen LogP contribution in [0.5, 0.6) is 5.75 Å². The summed E-state index contributed by atoms with van der Waals surface area (Å²) in [5, 5.41) is 4.06. The van der Waals surface area contributed by atoms with Gasteiger partial charge in [-0.25, -0.2) is 0 Å². The standard InChI is InChI=1S/C27H23Cl2NO4/c1-14-8-10-18(11-9-14)25-26(24(31)19-13-21(29)15(2)12-23(19)34-25)33-17(4)27(32)30-22-7-5-6-20(28)16(22)3/h5-13,17H,1-4H3,(H,30,32). The summed E-state index contributed by atoms with van der Waals surface area (Å²) in [6, 6.07) is 16.0. The maximum Gasteiger partial charge on any atom is 0.265 e. The van der Waals surface area contributed by atoms with Gasteiger partial charge in [-0.1, -0.05) is 59.1 Å². The fourth-order valence-corrected chi connectivity index (χ4v) is 3.85. The number of hydrogen-bond acceptors (Lipinski definition) is 4. The summed E-state index contributed by atoms with van der Waals surface area (Å²) >= 11 is 12.4. The van der Waals surface area contributed by atoms with Gasteiger partial charge in [0.15, 0.2) is 11.9 Å². The molecule has 0 saturated heterocycles. The molecule has 4 rings (SSSR count). The van der Waals surface area contributed by atoms with Crippen LogP contribution in [-0.2, 0) is 4.79 Å². The molecule has 0 spiro atoms. The number of hydrogen-bond donors (Lipinski definition) is 1. The molecule has 0 fully saturated rings. The number of fused-ring (bicyclic) bond motifs is 1. The molecule has 1 N–H and O–H groups in total. The second-order valence-corrected chi connectivity index (χ2v) is 9.03. The molecule has 0 aliphatic rings. The summed E-state index contributed by atoms with van der Waals surface area (Å²) in [6.45, 7) is 7.18. The van der Waals surface area contributed by atoms with Crippen LogP contribution in [0.25, 0.3) is 22.3 Å². The van der Waals surface area contributed by atoms with Crippen molar-refractivity contribution in [2.45, 2.75) is 33.8 Å². The van der Waals surface area contributed by atoms with Crippen LogP contribution in [-0.4, -0.2) is 12.0 Å². The summed E-state index contributed by atoms with van der Waals surface area (Å²) in [6.07, 6.45) is -0.996. The van der Waals surface area contributed by atoms with E-state index >= 15 is 0 Å². The predicted molar refractivity (Wildman–Crippen MR) is 137 cm³/mol. The number of nitrogens with one attached hydrogen (secondary N) is 1. The quantitative estimate of drug-likeness (QED) is 0.320. The Hall–Kier alpha value is -3.28. The van der Waals surface area contributed by atoms with Gasteiger partial charge in [-0.15, -0.1) is 0 Å². The van der Waals surface area contributed by atoms with E-state index in [0.717, 1.165) is 16.7 Å². The highest BCUT2D eigenvalue weighted by molar-refractivity contribution is 6.32. The SMILES string of the molecule is Cc1ccc(-c2oc3cc(C)c(Cl)cc3c(=O)c2OC(C)C(=O)Nc2cccc(Cl)c2C)cc1. The fourth-order valence-electron chi connectivity index (χ4n) is 3.51. The van der Waals surface area contributed by atoms with Crippen molar-refractivity contribution in [3.63, 3.8) is 0 Å². The van der Waals surface area contributed by atoms with Gasteiger partial charge in [0.25, 0.3) is 5.91 Å². The first-order valence-electron chi connectivity index (χ1n) is 10.7. The molecule has 3 aromatic carbocycles. The molecule has 0 aliphatic carbocycles. The molecule has 1 heterocycles. The molecule has 174 valence electrons. The van der Waals surface area contributed by atoms with Crippen LogP contribution in [0.4, 0.5) is 5.69 Å². The van der Waals surface area contributed by atoms with Crippen LogP contribution in [0.1, 0.15) is 23.6 Å². The Labute approximate surface area is 207 Å². The summed E-state index contributed by atoms with van der Waals surface area (Å²) in [4.78, 5) is 26.4. The lowest BCUT2D eigenvalue weighted by Gasteiger charge is -2.18. The van der Waals surface area contributed by atoms with Gasteiger partial charge >= 0.3 is 0 Å². The minimum atomic E-state index is -0.996. The largest absolute Gasteiger partial charge is 0.473 e. The first-order valence-corrected chi connectivity index (χ1v) is 11.5. The highest BCUT2D eigenvalue weighted by Crippen LogP contribution is 2.33. The molecule has 0 saturated carbocycles. The maximum atomic E-state index is 13.5. The van der Waals surface area contributed by atoms with Crippen LogP contribution in [0.3, 0.4) is 0 Å². The number of rotatable bonds is 5. The Morgan fingerprint density at radius 2 is 1.71 bits per heavy atom. The van der Waals surface area contributed by atoms with Gasteiger partial charge in [-0.2, -0.15) is 0 Å².